The van der Waals surface area contributed by atoms with Gasteiger partial charge in [-0.1, -0.05) is 11.8 Å². The highest BCUT2D eigenvalue weighted by atomic mass is 32.2. The third-order valence-corrected chi connectivity index (χ3v) is 4.39. The van der Waals surface area contributed by atoms with E-state index in [1.807, 2.05) is 12.1 Å². The summed E-state index contributed by atoms with van der Waals surface area (Å²) in [6.07, 6.45) is 5.18. The minimum Gasteiger partial charge on any atom is -0.352 e. The van der Waals surface area contributed by atoms with Crippen molar-refractivity contribution in [3.8, 4) is 0 Å². The number of amides is 1. The largest absolute Gasteiger partial charge is 0.352 e. The molecule has 108 valence electrons. The zero-order valence-corrected chi connectivity index (χ0v) is 12.0. The summed E-state index contributed by atoms with van der Waals surface area (Å²) in [5.74, 6) is 0.635. The molecule has 0 saturated heterocycles. The summed E-state index contributed by atoms with van der Waals surface area (Å²) in [7, 11) is 0. The van der Waals surface area contributed by atoms with Crippen LogP contribution in [0, 0.1) is 0 Å². The number of fused-ring (bicyclic) bond motifs is 1. The SMILES string of the molecule is O=C(CC1CSc2nccc(=O)n21)NCc1ccncc1. The minimum absolute atomic E-state index is 0.0685. The van der Waals surface area contributed by atoms with E-state index in [9.17, 15) is 9.59 Å². The zero-order valence-electron chi connectivity index (χ0n) is 11.2. The van der Waals surface area contributed by atoms with Crippen molar-refractivity contribution < 1.29 is 4.79 Å². The van der Waals surface area contributed by atoms with Crippen LogP contribution >= 0.6 is 11.8 Å². The second-order valence-corrected chi connectivity index (χ2v) is 5.72. The average Bonchev–Trinajstić information content (AvgIpc) is 2.91. The van der Waals surface area contributed by atoms with Gasteiger partial charge in [-0.05, 0) is 17.7 Å². The van der Waals surface area contributed by atoms with Crippen molar-refractivity contribution in [2.75, 3.05) is 5.75 Å². The van der Waals surface area contributed by atoms with E-state index >= 15 is 0 Å². The first-order valence-corrected chi connectivity index (χ1v) is 7.58. The van der Waals surface area contributed by atoms with Crippen molar-refractivity contribution in [2.45, 2.75) is 24.2 Å². The Labute approximate surface area is 125 Å². The number of pyridine rings is 1. The standard InChI is InChI=1S/C14H14N4O2S/c19-12(17-8-10-1-4-15-5-2-10)7-11-9-21-14-16-6-3-13(20)18(11)14/h1-6,11H,7-9H2,(H,17,19). The molecule has 2 aromatic rings. The highest BCUT2D eigenvalue weighted by Crippen LogP contribution is 2.31. The fourth-order valence-electron chi connectivity index (χ4n) is 2.23. The quantitative estimate of drug-likeness (QED) is 0.852. The summed E-state index contributed by atoms with van der Waals surface area (Å²) >= 11 is 1.51. The molecular formula is C14H14N4O2S. The Balaban J connectivity index is 1.61. The average molecular weight is 302 g/mol. The number of nitrogens with zero attached hydrogens (tertiary/aromatic N) is 3. The van der Waals surface area contributed by atoms with E-state index in [1.54, 1.807) is 17.0 Å². The predicted octanol–water partition coefficient (Wildman–Crippen LogP) is 0.992. The van der Waals surface area contributed by atoms with E-state index in [1.165, 1.54) is 24.0 Å². The molecule has 6 nitrogen and oxygen atoms in total. The molecule has 21 heavy (non-hydrogen) atoms. The van der Waals surface area contributed by atoms with Crippen molar-refractivity contribution in [1.29, 1.82) is 0 Å². The molecule has 3 heterocycles. The molecule has 1 atom stereocenters. The zero-order chi connectivity index (χ0) is 14.7. The topological polar surface area (TPSA) is 76.9 Å². The number of rotatable bonds is 4. The molecule has 1 N–H and O–H groups in total. The number of hydrogen-bond acceptors (Lipinski definition) is 5. The summed E-state index contributed by atoms with van der Waals surface area (Å²) in [5, 5.41) is 3.55. The summed E-state index contributed by atoms with van der Waals surface area (Å²) in [6.45, 7) is 0.468. The Kier molecular flexibility index (Phi) is 4.01. The molecule has 0 aliphatic carbocycles. The monoisotopic (exact) mass is 302 g/mol. The minimum atomic E-state index is -0.122. The lowest BCUT2D eigenvalue weighted by Gasteiger charge is -2.12. The molecule has 1 amide bonds. The Morgan fingerprint density at radius 1 is 1.33 bits per heavy atom. The number of aromatic nitrogens is 3. The maximum Gasteiger partial charge on any atom is 0.254 e. The summed E-state index contributed by atoms with van der Waals surface area (Å²) < 4.78 is 1.61. The summed E-state index contributed by atoms with van der Waals surface area (Å²) in [4.78, 5) is 32.0. The molecule has 1 unspecified atom stereocenters. The van der Waals surface area contributed by atoms with Crippen LogP contribution in [0.4, 0.5) is 0 Å². The molecule has 0 fully saturated rings. The predicted molar refractivity (Wildman–Crippen MR) is 79.0 cm³/mol. The number of nitrogens with one attached hydrogen (secondary N) is 1. The molecule has 0 aromatic carbocycles. The van der Waals surface area contributed by atoms with Gasteiger partial charge < -0.3 is 5.32 Å². The van der Waals surface area contributed by atoms with E-state index in [4.69, 9.17) is 0 Å². The van der Waals surface area contributed by atoms with Gasteiger partial charge in [0, 0.05) is 43.4 Å². The number of thioether (sulfide) groups is 1. The molecule has 0 spiro atoms. The molecule has 2 aromatic heterocycles. The maximum atomic E-state index is 12.0. The van der Waals surface area contributed by atoms with Gasteiger partial charge in [-0.2, -0.15) is 0 Å². The van der Waals surface area contributed by atoms with Crippen LogP contribution in [-0.4, -0.2) is 26.2 Å². The Morgan fingerprint density at radius 3 is 2.95 bits per heavy atom. The summed E-state index contributed by atoms with van der Waals surface area (Å²) in [6, 6.07) is 5.02. The first-order chi connectivity index (χ1) is 10.2. The van der Waals surface area contributed by atoms with E-state index in [2.05, 4.69) is 15.3 Å². The van der Waals surface area contributed by atoms with Crippen LogP contribution in [0.2, 0.25) is 0 Å². The normalized spacial score (nSPS) is 16.5. The van der Waals surface area contributed by atoms with Crippen LogP contribution in [0.25, 0.3) is 0 Å². The van der Waals surface area contributed by atoms with Gasteiger partial charge in [-0.15, -0.1) is 0 Å². The smallest absolute Gasteiger partial charge is 0.254 e. The van der Waals surface area contributed by atoms with E-state index in [0.29, 0.717) is 17.5 Å². The molecule has 1 aliphatic rings. The number of carbonyl (C=O) groups excluding carboxylic acids is 1. The van der Waals surface area contributed by atoms with Gasteiger partial charge in [0.05, 0.1) is 6.04 Å². The molecule has 7 heteroatoms. The Morgan fingerprint density at radius 2 is 2.14 bits per heavy atom. The maximum absolute atomic E-state index is 12.0. The van der Waals surface area contributed by atoms with Crippen LogP contribution in [-0.2, 0) is 11.3 Å². The number of hydrogen-bond donors (Lipinski definition) is 1. The van der Waals surface area contributed by atoms with Crippen LogP contribution in [0.5, 0.6) is 0 Å². The van der Waals surface area contributed by atoms with Crippen LogP contribution in [0.3, 0.4) is 0 Å². The first-order valence-electron chi connectivity index (χ1n) is 6.60. The van der Waals surface area contributed by atoms with Gasteiger partial charge in [-0.25, -0.2) is 4.98 Å². The molecular weight excluding hydrogens is 288 g/mol. The fraction of sp³-hybridized carbons (Fsp3) is 0.286. The van der Waals surface area contributed by atoms with Crippen LogP contribution < -0.4 is 10.9 Å². The van der Waals surface area contributed by atoms with E-state index in [0.717, 1.165) is 5.56 Å². The van der Waals surface area contributed by atoms with E-state index in [-0.39, 0.29) is 23.9 Å². The third-order valence-electron chi connectivity index (χ3n) is 3.28. The number of carbonyl (C=O) groups is 1. The second-order valence-electron chi connectivity index (χ2n) is 4.74. The van der Waals surface area contributed by atoms with Crippen LogP contribution in [0.1, 0.15) is 18.0 Å². The van der Waals surface area contributed by atoms with Crippen molar-refractivity contribution in [2.24, 2.45) is 0 Å². The molecule has 0 radical (unpaired) electrons. The summed E-state index contributed by atoms with van der Waals surface area (Å²) in [5.41, 5.74) is 0.898. The fourth-order valence-corrected chi connectivity index (χ4v) is 3.35. The molecule has 1 aliphatic heterocycles. The van der Waals surface area contributed by atoms with Gasteiger partial charge in [0.25, 0.3) is 5.56 Å². The molecule has 0 saturated carbocycles. The van der Waals surface area contributed by atoms with Crippen LogP contribution in [0.15, 0.2) is 46.7 Å². The lowest BCUT2D eigenvalue weighted by atomic mass is 10.2. The van der Waals surface area contributed by atoms with Gasteiger partial charge in [0.15, 0.2) is 5.16 Å². The van der Waals surface area contributed by atoms with Crippen molar-refractivity contribution in [3.05, 3.63) is 52.7 Å². The van der Waals surface area contributed by atoms with Gasteiger partial charge in [0.1, 0.15) is 0 Å². The van der Waals surface area contributed by atoms with Crippen molar-refractivity contribution >= 4 is 17.7 Å². The third kappa shape index (κ3) is 3.13. The lowest BCUT2D eigenvalue weighted by molar-refractivity contribution is -0.121. The van der Waals surface area contributed by atoms with Crippen molar-refractivity contribution in [3.63, 3.8) is 0 Å². The second kappa shape index (κ2) is 6.09. The first kappa shape index (κ1) is 13.8. The molecule has 0 bridgehead atoms. The Bertz CT molecular complexity index is 702. The van der Waals surface area contributed by atoms with Gasteiger partial charge in [-0.3, -0.25) is 19.1 Å². The Hall–Kier alpha value is -2.15. The van der Waals surface area contributed by atoms with E-state index < -0.39 is 0 Å². The van der Waals surface area contributed by atoms with Gasteiger partial charge >= 0.3 is 0 Å². The highest BCUT2D eigenvalue weighted by Gasteiger charge is 2.26. The molecule has 3 rings (SSSR count). The van der Waals surface area contributed by atoms with Gasteiger partial charge in [0.2, 0.25) is 5.91 Å². The lowest BCUT2D eigenvalue weighted by Crippen LogP contribution is -2.30. The van der Waals surface area contributed by atoms with Crippen molar-refractivity contribution in [1.82, 2.24) is 19.9 Å². The highest BCUT2D eigenvalue weighted by molar-refractivity contribution is 7.99.